The first kappa shape index (κ1) is 14.4. The minimum absolute atomic E-state index is 0.572. The van der Waals surface area contributed by atoms with Gasteiger partial charge in [0.05, 0.1) is 12.8 Å². The highest BCUT2D eigenvalue weighted by atomic mass is 28.3. The van der Waals surface area contributed by atoms with Gasteiger partial charge in [-0.15, -0.1) is 0 Å². The van der Waals surface area contributed by atoms with Crippen molar-refractivity contribution >= 4 is 15.3 Å². The first-order chi connectivity index (χ1) is 9.65. The van der Waals surface area contributed by atoms with Gasteiger partial charge in [-0.05, 0) is 31.6 Å². The summed E-state index contributed by atoms with van der Waals surface area (Å²) in [6.07, 6.45) is 5.27. The molecule has 0 fully saturated rings. The van der Waals surface area contributed by atoms with Gasteiger partial charge in [0.2, 0.25) is 0 Å². The topological polar surface area (TPSA) is 47.4 Å². The molecule has 20 heavy (non-hydrogen) atoms. The lowest BCUT2D eigenvalue weighted by atomic mass is 10.2. The summed E-state index contributed by atoms with van der Waals surface area (Å²) >= 11 is 0. The number of hydrogen-bond donors (Lipinski definition) is 0. The number of rotatable bonds is 5. The molecule has 103 valence electrons. The molecule has 0 N–H and O–H groups in total. The summed E-state index contributed by atoms with van der Waals surface area (Å²) in [4.78, 5) is 12.8. The van der Waals surface area contributed by atoms with E-state index in [1.165, 1.54) is 0 Å². The first-order valence-electron chi connectivity index (χ1n) is 6.49. The third-order valence-corrected chi connectivity index (χ3v) is 3.18. The quantitative estimate of drug-likeness (QED) is 0.626. The van der Waals surface area contributed by atoms with E-state index in [0.717, 1.165) is 16.9 Å². The molecule has 0 saturated carbocycles. The van der Waals surface area contributed by atoms with E-state index < -0.39 is 9.04 Å². The van der Waals surface area contributed by atoms with E-state index in [4.69, 9.17) is 4.43 Å². The van der Waals surface area contributed by atoms with Gasteiger partial charge in [0.15, 0.2) is 5.82 Å². The Bertz CT molecular complexity index is 582. The maximum absolute atomic E-state index is 5.86. The minimum atomic E-state index is -0.766. The molecule has 0 atom stereocenters. The molecule has 2 aromatic rings. The fraction of sp³-hybridized carbons (Fsp3) is 0.267. The van der Waals surface area contributed by atoms with Gasteiger partial charge in [0, 0.05) is 18.0 Å². The summed E-state index contributed by atoms with van der Waals surface area (Å²) in [5.41, 5.74) is 2.13. The molecule has 4 nitrogen and oxygen atoms in total. The second kappa shape index (κ2) is 6.95. The Morgan fingerprint density at radius 2 is 1.90 bits per heavy atom. The van der Waals surface area contributed by atoms with Gasteiger partial charge < -0.3 is 4.43 Å². The Labute approximate surface area is 121 Å². The van der Waals surface area contributed by atoms with E-state index in [9.17, 15) is 0 Å². The monoisotopic (exact) mass is 284 g/mol. The highest BCUT2D eigenvalue weighted by molar-refractivity contribution is 6.49. The van der Waals surface area contributed by atoms with Crippen LogP contribution in [0.4, 0.5) is 0 Å². The van der Waals surface area contributed by atoms with Crippen LogP contribution in [0.2, 0.25) is 13.1 Å². The standard InChI is InChI=1S/C15H18N3OSi/c1-12-8-17-15(18-9-12)11-16-10-13-6-4-5-7-14(13)19-20(2)3/h4-9,11H,10H2,1-3H3. The van der Waals surface area contributed by atoms with E-state index in [1.54, 1.807) is 18.6 Å². The molecule has 0 aliphatic heterocycles. The van der Waals surface area contributed by atoms with Gasteiger partial charge in [-0.2, -0.15) is 0 Å². The number of aliphatic imine (C=N–C) groups is 1. The van der Waals surface area contributed by atoms with Gasteiger partial charge in [-0.25, -0.2) is 9.97 Å². The summed E-state index contributed by atoms with van der Waals surface area (Å²) < 4.78 is 5.86. The van der Waals surface area contributed by atoms with Crippen LogP contribution in [0.15, 0.2) is 41.7 Å². The highest BCUT2D eigenvalue weighted by Gasteiger charge is 2.05. The van der Waals surface area contributed by atoms with Crippen LogP contribution in [-0.4, -0.2) is 25.2 Å². The smallest absolute Gasteiger partial charge is 0.274 e. The van der Waals surface area contributed by atoms with Crippen LogP contribution in [0.1, 0.15) is 17.0 Å². The van der Waals surface area contributed by atoms with Gasteiger partial charge in [0.1, 0.15) is 5.75 Å². The van der Waals surface area contributed by atoms with Crippen LogP contribution in [0.25, 0.3) is 0 Å². The van der Waals surface area contributed by atoms with Crippen molar-refractivity contribution in [3.05, 3.63) is 53.6 Å². The second-order valence-corrected chi connectivity index (χ2v) is 6.73. The van der Waals surface area contributed by atoms with E-state index >= 15 is 0 Å². The molecule has 0 saturated heterocycles. The summed E-state index contributed by atoms with van der Waals surface area (Å²) in [6.45, 7) is 6.77. The molecule has 0 amide bonds. The Morgan fingerprint density at radius 1 is 1.20 bits per heavy atom. The second-order valence-electron chi connectivity index (χ2n) is 4.71. The van der Waals surface area contributed by atoms with Crippen LogP contribution in [0, 0.1) is 6.92 Å². The molecular formula is C15H18N3OSi. The summed E-state index contributed by atoms with van der Waals surface area (Å²) in [5, 5.41) is 0. The largest absolute Gasteiger partial charge is 0.542 e. The number of hydrogen-bond acceptors (Lipinski definition) is 4. The molecule has 0 aliphatic carbocycles. The lowest BCUT2D eigenvalue weighted by molar-refractivity contribution is 0.572. The number of benzene rings is 1. The van der Waals surface area contributed by atoms with Gasteiger partial charge >= 0.3 is 0 Å². The van der Waals surface area contributed by atoms with Gasteiger partial charge in [-0.1, -0.05) is 18.2 Å². The maximum Gasteiger partial charge on any atom is 0.274 e. The SMILES string of the molecule is Cc1cnc(C=NCc2ccccc2O[Si](C)C)nc1. The average molecular weight is 284 g/mol. The molecule has 5 heteroatoms. The average Bonchev–Trinajstić information content (AvgIpc) is 2.42. The van der Waals surface area contributed by atoms with Gasteiger partial charge in [-0.3, -0.25) is 4.99 Å². The fourth-order valence-electron chi connectivity index (χ4n) is 1.65. The van der Waals surface area contributed by atoms with E-state index in [2.05, 4.69) is 28.1 Å². The third-order valence-electron chi connectivity index (χ3n) is 2.56. The van der Waals surface area contributed by atoms with Crippen molar-refractivity contribution in [2.75, 3.05) is 0 Å². The highest BCUT2D eigenvalue weighted by Crippen LogP contribution is 2.19. The molecule has 1 radical (unpaired) electrons. The first-order valence-corrected chi connectivity index (χ1v) is 8.90. The number of aromatic nitrogens is 2. The predicted molar refractivity (Wildman–Crippen MR) is 82.6 cm³/mol. The summed E-state index contributed by atoms with van der Waals surface area (Å²) in [7, 11) is -0.766. The lowest BCUT2D eigenvalue weighted by Crippen LogP contribution is -2.12. The summed E-state index contributed by atoms with van der Waals surface area (Å²) in [6, 6.07) is 8.01. The molecule has 0 aliphatic rings. The molecule has 2 rings (SSSR count). The fourth-order valence-corrected chi connectivity index (χ4v) is 2.29. The van der Waals surface area contributed by atoms with E-state index in [0.29, 0.717) is 12.4 Å². The predicted octanol–water partition coefficient (Wildman–Crippen LogP) is 3.03. The molecule has 0 bridgehead atoms. The zero-order valence-corrected chi connectivity index (χ0v) is 13.0. The lowest BCUT2D eigenvalue weighted by Gasteiger charge is -2.11. The Morgan fingerprint density at radius 3 is 2.60 bits per heavy atom. The Kier molecular flexibility index (Phi) is 5.01. The van der Waals surface area contributed by atoms with Crippen LogP contribution in [0.5, 0.6) is 5.75 Å². The Hall–Kier alpha value is -2.01. The van der Waals surface area contributed by atoms with Crippen molar-refractivity contribution in [2.24, 2.45) is 4.99 Å². The van der Waals surface area contributed by atoms with E-state index in [-0.39, 0.29) is 0 Å². The molecule has 1 aromatic heterocycles. The zero-order valence-electron chi connectivity index (χ0n) is 12.0. The third kappa shape index (κ3) is 4.27. The zero-order chi connectivity index (χ0) is 14.4. The van der Waals surface area contributed by atoms with Crippen molar-refractivity contribution in [3.8, 4) is 5.75 Å². The van der Waals surface area contributed by atoms with Crippen LogP contribution in [-0.2, 0) is 6.54 Å². The summed E-state index contributed by atoms with van der Waals surface area (Å²) in [5.74, 6) is 1.55. The van der Waals surface area contributed by atoms with Crippen molar-refractivity contribution in [3.63, 3.8) is 0 Å². The van der Waals surface area contributed by atoms with Crippen molar-refractivity contribution in [1.82, 2.24) is 9.97 Å². The van der Waals surface area contributed by atoms with Crippen molar-refractivity contribution in [2.45, 2.75) is 26.6 Å². The number of aryl methyl sites for hydroxylation is 1. The van der Waals surface area contributed by atoms with Crippen LogP contribution >= 0.6 is 0 Å². The van der Waals surface area contributed by atoms with Crippen molar-refractivity contribution < 1.29 is 4.43 Å². The van der Waals surface area contributed by atoms with Gasteiger partial charge in [0.25, 0.3) is 9.04 Å². The minimum Gasteiger partial charge on any atom is -0.542 e. The van der Waals surface area contributed by atoms with Crippen LogP contribution < -0.4 is 4.43 Å². The molecule has 1 heterocycles. The number of nitrogens with zero attached hydrogens (tertiary/aromatic N) is 3. The van der Waals surface area contributed by atoms with Crippen LogP contribution in [0.3, 0.4) is 0 Å². The molecule has 0 unspecified atom stereocenters. The molecule has 0 spiro atoms. The molecule has 1 aromatic carbocycles. The molecular weight excluding hydrogens is 266 g/mol. The normalized spacial score (nSPS) is 11.2. The van der Waals surface area contributed by atoms with E-state index in [1.807, 2.05) is 31.2 Å². The Balaban J connectivity index is 2.05. The number of para-hydroxylation sites is 1. The van der Waals surface area contributed by atoms with Crippen molar-refractivity contribution in [1.29, 1.82) is 0 Å². The maximum atomic E-state index is 5.86.